The van der Waals surface area contributed by atoms with Crippen LogP contribution >= 0.6 is 11.3 Å². The van der Waals surface area contributed by atoms with E-state index in [0.29, 0.717) is 12.0 Å². The fourth-order valence-electron chi connectivity index (χ4n) is 2.25. The number of thiazole rings is 1. The lowest BCUT2D eigenvalue weighted by molar-refractivity contribution is 0.171. The molecule has 1 fully saturated rings. The minimum Gasteiger partial charge on any atom is -0.390 e. The molecule has 2 heterocycles. The molecule has 1 N–H and O–H groups in total. The number of hydrogen-bond acceptors (Lipinski definition) is 4. The van der Waals surface area contributed by atoms with E-state index in [0.717, 1.165) is 5.69 Å². The summed E-state index contributed by atoms with van der Waals surface area (Å²) in [6.07, 6.45) is 2.41. The highest BCUT2D eigenvalue weighted by molar-refractivity contribution is 7.09. The van der Waals surface area contributed by atoms with Crippen LogP contribution in [-0.4, -0.2) is 34.1 Å². The van der Waals surface area contributed by atoms with Crippen molar-refractivity contribution in [2.24, 2.45) is 0 Å². The predicted molar refractivity (Wildman–Crippen MR) is 66.7 cm³/mol. The first-order valence-electron chi connectivity index (χ1n) is 6.00. The van der Waals surface area contributed by atoms with Gasteiger partial charge in [-0.15, -0.1) is 11.3 Å². The van der Waals surface area contributed by atoms with E-state index in [4.69, 9.17) is 5.11 Å². The van der Waals surface area contributed by atoms with Gasteiger partial charge in [0.1, 0.15) is 0 Å². The Kier molecular flexibility index (Phi) is 3.95. The first-order valence-corrected chi connectivity index (χ1v) is 6.88. The molecule has 0 aromatic carbocycles. The molecule has 2 rings (SSSR count). The van der Waals surface area contributed by atoms with Gasteiger partial charge in [0.25, 0.3) is 0 Å². The zero-order valence-electron chi connectivity index (χ0n) is 10.0. The van der Waals surface area contributed by atoms with Gasteiger partial charge in [0.15, 0.2) is 0 Å². The van der Waals surface area contributed by atoms with E-state index in [1.165, 1.54) is 30.9 Å². The highest BCUT2D eigenvalue weighted by Gasteiger charge is 2.23. The molecular formula is C12H20N2OS. The van der Waals surface area contributed by atoms with Gasteiger partial charge in [-0.05, 0) is 39.8 Å². The summed E-state index contributed by atoms with van der Waals surface area (Å²) in [6.45, 7) is 6.94. The Labute approximate surface area is 101 Å². The highest BCUT2D eigenvalue weighted by Crippen LogP contribution is 2.30. The third-order valence-electron chi connectivity index (χ3n) is 3.34. The van der Waals surface area contributed by atoms with Gasteiger partial charge in [-0.2, -0.15) is 0 Å². The van der Waals surface area contributed by atoms with Gasteiger partial charge in [0.2, 0.25) is 0 Å². The lowest BCUT2D eigenvalue weighted by Crippen LogP contribution is -2.37. The van der Waals surface area contributed by atoms with E-state index < -0.39 is 0 Å². The lowest BCUT2D eigenvalue weighted by Gasteiger charge is -2.33. The molecule has 1 aliphatic rings. The number of aromatic nitrogens is 1. The first-order chi connectivity index (χ1) is 7.70. The molecule has 90 valence electrons. The number of likely N-dealkylation sites (tertiary alicyclic amines) is 1. The summed E-state index contributed by atoms with van der Waals surface area (Å²) in [4.78, 5) is 7.00. The van der Waals surface area contributed by atoms with Crippen LogP contribution in [0.4, 0.5) is 0 Å². The van der Waals surface area contributed by atoms with Crippen LogP contribution < -0.4 is 0 Å². The predicted octanol–water partition coefficient (Wildman–Crippen LogP) is 2.22. The average Bonchev–Trinajstić information content (AvgIpc) is 2.77. The monoisotopic (exact) mass is 240 g/mol. The normalized spacial score (nSPS) is 19.5. The zero-order chi connectivity index (χ0) is 11.5. The van der Waals surface area contributed by atoms with Crippen LogP contribution in [0.3, 0.4) is 0 Å². The molecular weight excluding hydrogens is 220 g/mol. The van der Waals surface area contributed by atoms with Crippen LogP contribution in [0.25, 0.3) is 0 Å². The molecule has 0 spiro atoms. The summed E-state index contributed by atoms with van der Waals surface area (Å²) < 4.78 is 0. The Morgan fingerprint density at radius 3 is 2.69 bits per heavy atom. The first kappa shape index (κ1) is 12.0. The van der Waals surface area contributed by atoms with Gasteiger partial charge in [-0.25, -0.2) is 4.98 Å². The van der Waals surface area contributed by atoms with Gasteiger partial charge in [0.05, 0.1) is 17.3 Å². The van der Waals surface area contributed by atoms with Gasteiger partial charge >= 0.3 is 0 Å². The van der Waals surface area contributed by atoms with E-state index in [9.17, 15) is 0 Å². The lowest BCUT2D eigenvalue weighted by atomic mass is 9.97. The van der Waals surface area contributed by atoms with E-state index in [-0.39, 0.29) is 6.61 Å². The number of aliphatic hydroxyl groups excluding tert-OH is 1. The van der Waals surface area contributed by atoms with Crippen LogP contribution in [-0.2, 0) is 6.61 Å². The molecule has 0 amide bonds. The van der Waals surface area contributed by atoms with Gasteiger partial charge in [-0.1, -0.05) is 0 Å². The van der Waals surface area contributed by atoms with E-state index >= 15 is 0 Å². The quantitative estimate of drug-likeness (QED) is 0.880. The summed E-state index contributed by atoms with van der Waals surface area (Å²) in [7, 11) is 0. The molecule has 1 saturated heterocycles. The summed E-state index contributed by atoms with van der Waals surface area (Å²) >= 11 is 1.70. The molecule has 0 bridgehead atoms. The molecule has 0 aliphatic carbocycles. The van der Waals surface area contributed by atoms with Crippen molar-refractivity contribution in [2.75, 3.05) is 13.1 Å². The van der Waals surface area contributed by atoms with Crippen molar-refractivity contribution in [1.29, 1.82) is 0 Å². The number of piperidine rings is 1. The highest BCUT2D eigenvalue weighted by atomic mass is 32.1. The number of rotatable bonds is 3. The maximum Gasteiger partial charge on any atom is 0.0961 e. The fraction of sp³-hybridized carbons (Fsp3) is 0.750. The summed E-state index contributed by atoms with van der Waals surface area (Å²) in [5.41, 5.74) is 0.825. The Morgan fingerprint density at radius 2 is 2.19 bits per heavy atom. The molecule has 3 nitrogen and oxygen atoms in total. The molecule has 1 aromatic heterocycles. The van der Waals surface area contributed by atoms with Crippen LogP contribution in [0.2, 0.25) is 0 Å². The van der Waals surface area contributed by atoms with Crippen LogP contribution in [0, 0.1) is 0 Å². The van der Waals surface area contributed by atoms with Crippen molar-refractivity contribution >= 4 is 11.3 Å². The molecule has 16 heavy (non-hydrogen) atoms. The Hall–Kier alpha value is -0.450. The number of aliphatic hydroxyl groups is 1. The largest absolute Gasteiger partial charge is 0.390 e. The smallest absolute Gasteiger partial charge is 0.0961 e. The average molecular weight is 240 g/mol. The summed E-state index contributed by atoms with van der Waals surface area (Å²) in [6, 6.07) is 0.658. The van der Waals surface area contributed by atoms with E-state index in [1.54, 1.807) is 11.3 Å². The molecule has 1 aromatic rings. The van der Waals surface area contributed by atoms with Crippen molar-refractivity contribution < 1.29 is 5.11 Å². The van der Waals surface area contributed by atoms with Crippen molar-refractivity contribution in [3.8, 4) is 0 Å². The minimum absolute atomic E-state index is 0.0708. The minimum atomic E-state index is 0.0708. The fourth-order valence-corrected chi connectivity index (χ4v) is 3.23. The Bertz CT molecular complexity index is 330. The third kappa shape index (κ3) is 2.62. The molecule has 0 unspecified atom stereocenters. The standard InChI is InChI=1S/C12H20N2OS/c1-9(2)14-5-3-10(4-6-14)12-13-11(7-15)8-16-12/h8-10,15H,3-7H2,1-2H3. The second-order valence-corrected chi connectivity index (χ2v) is 5.63. The van der Waals surface area contributed by atoms with Gasteiger partial charge < -0.3 is 10.0 Å². The second kappa shape index (κ2) is 5.25. The topological polar surface area (TPSA) is 36.4 Å². The zero-order valence-corrected chi connectivity index (χ0v) is 10.8. The van der Waals surface area contributed by atoms with Crippen molar-refractivity contribution in [3.63, 3.8) is 0 Å². The van der Waals surface area contributed by atoms with Crippen molar-refractivity contribution in [3.05, 3.63) is 16.1 Å². The SMILES string of the molecule is CC(C)N1CCC(c2nc(CO)cs2)CC1. The third-order valence-corrected chi connectivity index (χ3v) is 4.40. The van der Waals surface area contributed by atoms with Gasteiger partial charge in [0, 0.05) is 17.3 Å². The van der Waals surface area contributed by atoms with Crippen LogP contribution in [0.5, 0.6) is 0 Å². The number of nitrogens with zero attached hydrogens (tertiary/aromatic N) is 2. The van der Waals surface area contributed by atoms with Crippen molar-refractivity contribution in [2.45, 2.75) is 45.3 Å². The Balaban J connectivity index is 1.93. The van der Waals surface area contributed by atoms with Crippen molar-refractivity contribution in [1.82, 2.24) is 9.88 Å². The van der Waals surface area contributed by atoms with Gasteiger partial charge in [-0.3, -0.25) is 0 Å². The molecule has 1 aliphatic heterocycles. The second-order valence-electron chi connectivity index (χ2n) is 4.74. The number of hydrogen-bond donors (Lipinski definition) is 1. The van der Waals surface area contributed by atoms with E-state index in [2.05, 4.69) is 23.7 Å². The van der Waals surface area contributed by atoms with Crippen LogP contribution in [0.1, 0.15) is 43.3 Å². The van der Waals surface area contributed by atoms with Crippen LogP contribution in [0.15, 0.2) is 5.38 Å². The maximum atomic E-state index is 9.00. The summed E-state index contributed by atoms with van der Waals surface area (Å²) in [5, 5.41) is 12.2. The molecule has 4 heteroatoms. The summed E-state index contributed by atoms with van der Waals surface area (Å²) in [5.74, 6) is 0.611. The Morgan fingerprint density at radius 1 is 1.50 bits per heavy atom. The maximum absolute atomic E-state index is 9.00. The molecule has 0 atom stereocenters. The molecule has 0 saturated carbocycles. The van der Waals surface area contributed by atoms with E-state index in [1.807, 2.05) is 5.38 Å². The molecule has 0 radical (unpaired) electrons.